The van der Waals surface area contributed by atoms with Crippen molar-refractivity contribution in [1.82, 2.24) is 29.7 Å². The van der Waals surface area contributed by atoms with Gasteiger partial charge in [0.25, 0.3) is 0 Å². The molecule has 45 heavy (non-hydrogen) atoms. The molecule has 3 atom stereocenters. The van der Waals surface area contributed by atoms with Crippen molar-refractivity contribution in [3.63, 3.8) is 0 Å². The molecule has 0 aliphatic carbocycles. The minimum atomic E-state index is -1.61. The number of aromatic nitrogens is 3. The summed E-state index contributed by atoms with van der Waals surface area (Å²) in [4.78, 5) is 39.9. The normalized spacial score (nSPS) is 14.9. The molecule has 0 aliphatic heterocycles. The van der Waals surface area contributed by atoms with Crippen molar-refractivity contribution < 1.29 is 61.3 Å². The molecule has 1 aromatic rings. The van der Waals surface area contributed by atoms with Gasteiger partial charge >= 0.3 is 17.1 Å². The molecule has 0 bridgehead atoms. The molecule has 21 heteroatoms. The maximum Gasteiger partial charge on any atom is 0.336 e. The van der Waals surface area contributed by atoms with E-state index in [1.165, 1.54) is 0 Å². The van der Waals surface area contributed by atoms with Gasteiger partial charge < -0.3 is 77.2 Å². The van der Waals surface area contributed by atoms with Crippen molar-refractivity contribution >= 4 is 0 Å². The molecule has 0 aromatic carbocycles. The van der Waals surface area contributed by atoms with Crippen molar-refractivity contribution in [2.75, 3.05) is 79.1 Å². The fourth-order valence-corrected chi connectivity index (χ4v) is 3.93. The summed E-state index contributed by atoms with van der Waals surface area (Å²) in [6, 6.07) is 0. The molecule has 0 fully saturated rings. The summed E-state index contributed by atoms with van der Waals surface area (Å²) in [5.74, 6) is 0. The highest BCUT2D eigenvalue weighted by molar-refractivity contribution is 4.90. The average molecular weight is 661 g/mol. The fourth-order valence-electron chi connectivity index (χ4n) is 3.93. The number of nitrogens with one attached hydrogen (secondary N) is 3. The van der Waals surface area contributed by atoms with Crippen molar-refractivity contribution in [1.29, 1.82) is 0 Å². The highest BCUT2D eigenvalue weighted by Gasteiger charge is 2.31. The molecule has 0 aliphatic rings. The average Bonchev–Trinajstić information content (AvgIpc) is 3.06. The van der Waals surface area contributed by atoms with Gasteiger partial charge in [0.05, 0.1) is 114 Å². The van der Waals surface area contributed by atoms with E-state index in [1.807, 2.05) is 0 Å². The van der Waals surface area contributed by atoms with Gasteiger partial charge in [0.1, 0.15) is 0 Å². The number of β-amino-alcohol motifs (C(OH)–C–C–N with tert-alkyl or cyclic N) is 3. The van der Waals surface area contributed by atoms with Crippen molar-refractivity contribution in [3.8, 4) is 0 Å². The summed E-state index contributed by atoms with van der Waals surface area (Å²) < 4.78 is 1.27. The Morgan fingerprint density at radius 3 is 0.756 bits per heavy atom. The second-order valence-corrected chi connectivity index (χ2v) is 11.0. The number of aliphatic hydroxyl groups excluding tert-OH is 12. The Kier molecular flexibility index (Phi) is 17.1. The monoisotopic (exact) mass is 660 g/mol. The third kappa shape index (κ3) is 10.7. The summed E-state index contributed by atoms with van der Waals surface area (Å²) >= 11 is 0. The van der Waals surface area contributed by atoms with Gasteiger partial charge in [-0.25, -0.2) is 28.1 Å². The Morgan fingerprint density at radius 1 is 0.422 bits per heavy atom. The smallest absolute Gasteiger partial charge is 0.336 e. The maximum atomic E-state index is 13.3. The van der Waals surface area contributed by atoms with E-state index in [0.29, 0.717) is 13.7 Å². The van der Waals surface area contributed by atoms with E-state index in [-0.39, 0.29) is 0 Å². The largest absolute Gasteiger partial charge is 0.394 e. The summed E-state index contributed by atoms with van der Waals surface area (Å²) in [5.41, 5.74) is -8.70. The molecule has 1 aromatic heterocycles. The van der Waals surface area contributed by atoms with Crippen LogP contribution in [-0.2, 0) is 19.6 Å². The lowest BCUT2D eigenvalue weighted by Gasteiger charge is -2.30. The predicted octanol–water partition coefficient (Wildman–Crippen LogP) is -10.8. The molecule has 0 saturated carbocycles. The van der Waals surface area contributed by atoms with Crippen molar-refractivity contribution in [2.45, 2.75) is 54.6 Å². The molecule has 0 saturated heterocycles. The Bertz CT molecular complexity index is 981. The lowest BCUT2D eigenvalue weighted by molar-refractivity contribution is 0.0288. The molecule has 1 heterocycles. The number of hydrogen-bond acceptors (Lipinski definition) is 18. The van der Waals surface area contributed by atoms with Crippen molar-refractivity contribution in [3.05, 3.63) is 31.5 Å². The van der Waals surface area contributed by atoms with Crippen LogP contribution in [0.3, 0.4) is 0 Å². The second kappa shape index (κ2) is 18.8. The van der Waals surface area contributed by atoms with Crippen LogP contribution in [0.4, 0.5) is 0 Å². The van der Waals surface area contributed by atoms with Crippen LogP contribution in [-0.4, -0.2) is 189 Å². The van der Waals surface area contributed by atoms with E-state index in [0.717, 1.165) is 0 Å². The lowest BCUT2D eigenvalue weighted by Crippen LogP contribution is -2.60. The first kappa shape index (κ1) is 40.8. The molecule has 264 valence electrons. The van der Waals surface area contributed by atoms with Crippen molar-refractivity contribution in [2.24, 2.45) is 0 Å². The first-order valence-corrected chi connectivity index (χ1v) is 14.0. The van der Waals surface area contributed by atoms with Gasteiger partial charge in [-0.1, -0.05) is 0 Å². The van der Waals surface area contributed by atoms with Gasteiger partial charge in [-0.15, -0.1) is 0 Å². The molecule has 15 N–H and O–H groups in total. The van der Waals surface area contributed by atoms with Crippen LogP contribution < -0.4 is 33.0 Å². The Balaban J connectivity index is 3.46. The van der Waals surface area contributed by atoms with Gasteiger partial charge in [0, 0.05) is 19.6 Å². The molecule has 0 amide bonds. The van der Waals surface area contributed by atoms with Crippen LogP contribution in [0.25, 0.3) is 0 Å². The molecule has 21 nitrogen and oxygen atoms in total. The highest BCUT2D eigenvalue weighted by atomic mass is 16.3. The summed E-state index contributed by atoms with van der Waals surface area (Å²) in [6.45, 7) is -10.4. The van der Waals surface area contributed by atoms with Gasteiger partial charge in [-0.05, 0) is 0 Å². The summed E-state index contributed by atoms with van der Waals surface area (Å²) in [7, 11) is 0. The first-order valence-electron chi connectivity index (χ1n) is 14.0. The first-order chi connectivity index (χ1) is 21.2. The third-order valence-electron chi connectivity index (χ3n) is 7.43. The highest BCUT2D eigenvalue weighted by Crippen LogP contribution is 2.04. The zero-order valence-electron chi connectivity index (χ0n) is 24.8. The summed E-state index contributed by atoms with van der Waals surface area (Å²) in [5, 5.41) is 125. The Labute approximate surface area is 256 Å². The third-order valence-corrected chi connectivity index (χ3v) is 7.43. The molecule has 0 radical (unpaired) electrons. The topological polar surface area (TPSA) is 345 Å². The molecule has 0 spiro atoms. The van der Waals surface area contributed by atoms with E-state index < -0.39 is 151 Å². The van der Waals surface area contributed by atoms with E-state index in [9.17, 15) is 75.7 Å². The minimum absolute atomic E-state index is 0.422. The standard InChI is InChI=1S/C24H48N6O15/c31-7-22(8-32,9-33)25-1-16(40)4-28-19(43)29(5-17(41)2-26-23(10-34,11-35)12-36)21(45)30(20(28)44)6-18(42)3-27-24(13-37,14-38)15-39/h16-18,25-27,31-42H,1-15H2. The van der Waals surface area contributed by atoms with E-state index in [2.05, 4.69) is 16.0 Å². The van der Waals surface area contributed by atoms with Gasteiger partial charge in [0.15, 0.2) is 0 Å². The zero-order valence-corrected chi connectivity index (χ0v) is 24.8. The van der Waals surface area contributed by atoms with Crippen LogP contribution in [0.2, 0.25) is 0 Å². The number of aliphatic hydroxyl groups is 12. The minimum Gasteiger partial charge on any atom is -0.394 e. The van der Waals surface area contributed by atoms with Crippen LogP contribution in [0.15, 0.2) is 14.4 Å². The second-order valence-electron chi connectivity index (χ2n) is 11.0. The number of rotatable bonds is 24. The molecular formula is C24H48N6O15. The van der Waals surface area contributed by atoms with E-state index >= 15 is 0 Å². The number of hydrogen-bond donors (Lipinski definition) is 15. The molecule has 1 rings (SSSR count). The van der Waals surface area contributed by atoms with E-state index in [1.54, 1.807) is 0 Å². The Morgan fingerprint density at radius 2 is 0.600 bits per heavy atom. The zero-order chi connectivity index (χ0) is 34.4. The lowest BCUT2D eigenvalue weighted by atomic mass is 10.0. The predicted molar refractivity (Wildman–Crippen MR) is 153 cm³/mol. The van der Waals surface area contributed by atoms with Gasteiger partial charge in [0.2, 0.25) is 0 Å². The molecule has 3 unspecified atom stereocenters. The van der Waals surface area contributed by atoms with Crippen LogP contribution >= 0.6 is 0 Å². The number of nitrogens with zero attached hydrogens (tertiary/aromatic N) is 3. The van der Waals surface area contributed by atoms with Crippen LogP contribution in [0, 0.1) is 0 Å². The fraction of sp³-hybridized carbons (Fsp3) is 0.875. The Hall–Kier alpha value is -2.19. The van der Waals surface area contributed by atoms with Gasteiger partial charge in [-0.2, -0.15) is 0 Å². The summed E-state index contributed by atoms with van der Waals surface area (Å²) in [6.07, 6.45) is -4.76. The SMILES string of the molecule is O=c1n(CC(O)CNC(CO)(CO)CO)c(=O)n(CC(O)CNC(CO)(CO)CO)c(=O)n1CC(O)CNC(CO)(CO)CO. The van der Waals surface area contributed by atoms with Crippen LogP contribution in [0.5, 0.6) is 0 Å². The van der Waals surface area contributed by atoms with Gasteiger partial charge in [-0.3, -0.25) is 0 Å². The van der Waals surface area contributed by atoms with E-state index in [4.69, 9.17) is 0 Å². The maximum absolute atomic E-state index is 13.3. The quantitative estimate of drug-likeness (QED) is 0.0489. The van der Waals surface area contributed by atoms with Crippen LogP contribution in [0.1, 0.15) is 0 Å². The molecular weight excluding hydrogens is 612 g/mol.